The molecule has 0 spiro atoms. The summed E-state index contributed by atoms with van der Waals surface area (Å²) >= 11 is 0. The Morgan fingerprint density at radius 3 is 2.12 bits per heavy atom. The maximum Gasteiger partial charge on any atom is 0.303 e. The molecule has 0 heterocycles. The number of aliphatic carboxylic acids is 1. The van der Waals surface area contributed by atoms with Crippen molar-refractivity contribution in [3.63, 3.8) is 0 Å². The number of hydrogen-bond acceptors (Lipinski definition) is 1. The van der Waals surface area contributed by atoms with Gasteiger partial charge in [0.25, 0.3) is 0 Å². The van der Waals surface area contributed by atoms with E-state index in [-0.39, 0.29) is 0 Å². The normalized spacial score (nSPS) is 10.4. The molecule has 0 aromatic heterocycles. The van der Waals surface area contributed by atoms with E-state index >= 15 is 0 Å². The van der Waals surface area contributed by atoms with E-state index in [1.54, 1.807) is 0 Å². The molecule has 0 aliphatic carbocycles. The molecule has 1 N–H and O–H groups in total. The van der Waals surface area contributed by atoms with Gasteiger partial charge >= 0.3 is 5.97 Å². The average molecular weight is 234 g/mol. The highest BCUT2D eigenvalue weighted by atomic mass is 16.4. The average Bonchev–Trinajstić information content (AvgIpc) is 2.31. The van der Waals surface area contributed by atoms with E-state index in [0.717, 1.165) is 32.1 Å². The summed E-state index contributed by atoms with van der Waals surface area (Å²) in [5.74, 6) is -0.686. The second-order valence-corrected chi connectivity index (χ2v) is 4.52. The predicted octanol–water partition coefficient (Wildman–Crippen LogP) is 3.83. The number of carboxylic acids is 1. The van der Waals surface area contributed by atoms with E-state index in [9.17, 15) is 4.79 Å². The van der Waals surface area contributed by atoms with E-state index < -0.39 is 5.97 Å². The van der Waals surface area contributed by atoms with Crippen molar-refractivity contribution < 1.29 is 9.90 Å². The molecule has 0 aliphatic rings. The summed E-state index contributed by atoms with van der Waals surface area (Å²) in [4.78, 5) is 10.3. The van der Waals surface area contributed by atoms with Crippen LogP contribution in [0.1, 0.15) is 50.2 Å². The van der Waals surface area contributed by atoms with Crippen LogP contribution in [0, 0.1) is 0 Å². The first-order valence-corrected chi connectivity index (χ1v) is 6.52. The number of unbranched alkanes of at least 4 members (excludes halogenated alkanes) is 2. The van der Waals surface area contributed by atoms with Crippen molar-refractivity contribution in [1.82, 2.24) is 0 Å². The van der Waals surface area contributed by atoms with Crippen molar-refractivity contribution in [2.75, 3.05) is 0 Å². The molecule has 0 aliphatic heterocycles. The van der Waals surface area contributed by atoms with E-state index in [0.29, 0.717) is 6.42 Å². The van der Waals surface area contributed by atoms with Gasteiger partial charge in [-0.2, -0.15) is 0 Å². The summed E-state index contributed by atoms with van der Waals surface area (Å²) in [5.41, 5.74) is 2.77. The molecule has 0 saturated carbocycles. The number of benzene rings is 1. The Bertz CT molecular complexity index is 327. The zero-order valence-electron chi connectivity index (χ0n) is 10.6. The Morgan fingerprint density at radius 2 is 1.59 bits per heavy atom. The van der Waals surface area contributed by atoms with Gasteiger partial charge in [0.1, 0.15) is 0 Å². The molecule has 0 fully saturated rings. The lowest BCUT2D eigenvalue weighted by Crippen LogP contribution is -1.94. The lowest BCUT2D eigenvalue weighted by Gasteiger charge is -2.03. The SMILES string of the molecule is CCCc1ccc(CCCCCC(=O)O)cc1. The van der Waals surface area contributed by atoms with Gasteiger partial charge in [-0.3, -0.25) is 4.79 Å². The summed E-state index contributed by atoms with van der Waals surface area (Å²) in [7, 11) is 0. The molecular formula is C15H22O2. The fourth-order valence-electron chi connectivity index (χ4n) is 1.94. The standard InChI is InChI=1S/C15H22O2/c1-2-6-13-9-11-14(12-10-13)7-4-3-5-8-15(16)17/h9-12H,2-8H2,1H3,(H,16,17). The van der Waals surface area contributed by atoms with Crippen LogP contribution in [-0.4, -0.2) is 11.1 Å². The molecule has 0 atom stereocenters. The Hall–Kier alpha value is -1.31. The van der Waals surface area contributed by atoms with Crippen LogP contribution in [0.3, 0.4) is 0 Å². The van der Waals surface area contributed by atoms with Crippen LogP contribution >= 0.6 is 0 Å². The van der Waals surface area contributed by atoms with Gasteiger partial charge in [0.15, 0.2) is 0 Å². The topological polar surface area (TPSA) is 37.3 Å². The molecule has 1 aromatic carbocycles. The van der Waals surface area contributed by atoms with Crippen LogP contribution in [0.4, 0.5) is 0 Å². The van der Waals surface area contributed by atoms with Crippen molar-refractivity contribution >= 4 is 5.97 Å². The minimum Gasteiger partial charge on any atom is -0.481 e. The molecule has 0 amide bonds. The van der Waals surface area contributed by atoms with Crippen LogP contribution in [0.25, 0.3) is 0 Å². The lowest BCUT2D eigenvalue weighted by atomic mass is 10.0. The Balaban J connectivity index is 2.20. The minimum absolute atomic E-state index is 0.301. The first-order valence-electron chi connectivity index (χ1n) is 6.52. The smallest absolute Gasteiger partial charge is 0.303 e. The van der Waals surface area contributed by atoms with E-state index in [1.165, 1.54) is 17.5 Å². The highest BCUT2D eigenvalue weighted by Crippen LogP contribution is 2.10. The second kappa shape index (κ2) is 7.88. The molecule has 17 heavy (non-hydrogen) atoms. The highest BCUT2D eigenvalue weighted by Gasteiger charge is 1.98. The fraction of sp³-hybridized carbons (Fsp3) is 0.533. The zero-order chi connectivity index (χ0) is 12.5. The van der Waals surface area contributed by atoms with Gasteiger partial charge in [0.05, 0.1) is 0 Å². The first-order chi connectivity index (χ1) is 8.22. The molecule has 0 unspecified atom stereocenters. The third-order valence-electron chi connectivity index (χ3n) is 2.92. The molecule has 2 nitrogen and oxygen atoms in total. The molecule has 1 aromatic rings. The van der Waals surface area contributed by atoms with Crippen molar-refractivity contribution in [1.29, 1.82) is 0 Å². The van der Waals surface area contributed by atoms with Crippen molar-refractivity contribution in [2.45, 2.75) is 51.9 Å². The highest BCUT2D eigenvalue weighted by molar-refractivity contribution is 5.66. The number of rotatable bonds is 8. The van der Waals surface area contributed by atoms with Gasteiger partial charge in [0.2, 0.25) is 0 Å². The predicted molar refractivity (Wildman–Crippen MR) is 70.2 cm³/mol. The van der Waals surface area contributed by atoms with Crippen LogP contribution in [0.15, 0.2) is 24.3 Å². The molecule has 0 bridgehead atoms. The quantitative estimate of drug-likeness (QED) is 0.694. The zero-order valence-corrected chi connectivity index (χ0v) is 10.6. The van der Waals surface area contributed by atoms with Crippen LogP contribution < -0.4 is 0 Å². The Morgan fingerprint density at radius 1 is 1.00 bits per heavy atom. The van der Waals surface area contributed by atoms with Crippen molar-refractivity contribution in [3.8, 4) is 0 Å². The van der Waals surface area contributed by atoms with E-state index in [2.05, 4.69) is 31.2 Å². The van der Waals surface area contributed by atoms with Gasteiger partial charge in [0, 0.05) is 6.42 Å². The minimum atomic E-state index is -0.686. The van der Waals surface area contributed by atoms with E-state index in [1.807, 2.05) is 0 Å². The third kappa shape index (κ3) is 6.10. The molecule has 0 radical (unpaired) electrons. The Labute approximate surface area is 104 Å². The summed E-state index contributed by atoms with van der Waals surface area (Å²) in [6, 6.07) is 8.80. The maximum atomic E-state index is 10.3. The van der Waals surface area contributed by atoms with Gasteiger partial charge in [-0.1, -0.05) is 44.0 Å². The summed E-state index contributed by atoms with van der Waals surface area (Å²) in [6.45, 7) is 2.19. The summed E-state index contributed by atoms with van der Waals surface area (Å²) < 4.78 is 0. The number of carbonyl (C=O) groups is 1. The van der Waals surface area contributed by atoms with Crippen LogP contribution in [-0.2, 0) is 17.6 Å². The molecule has 1 rings (SSSR count). The first kappa shape index (κ1) is 13.8. The summed E-state index contributed by atoms with van der Waals surface area (Å²) in [6.07, 6.45) is 6.58. The monoisotopic (exact) mass is 234 g/mol. The maximum absolute atomic E-state index is 10.3. The van der Waals surface area contributed by atoms with Crippen molar-refractivity contribution in [2.24, 2.45) is 0 Å². The van der Waals surface area contributed by atoms with Gasteiger partial charge in [-0.15, -0.1) is 0 Å². The van der Waals surface area contributed by atoms with E-state index in [4.69, 9.17) is 5.11 Å². The van der Waals surface area contributed by atoms with Gasteiger partial charge in [-0.25, -0.2) is 0 Å². The van der Waals surface area contributed by atoms with Crippen LogP contribution in [0.5, 0.6) is 0 Å². The summed E-state index contributed by atoms with van der Waals surface area (Å²) in [5, 5.41) is 8.51. The molecule has 2 heteroatoms. The number of carboxylic acid groups (broad SMARTS) is 1. The molecule has 94 valence electrons. The molecular weight excluding hydrogens is 212 g/mol. The van der Waals surface area contributed by atoms with Crippen molar-refractivity contribution in [3.05, 3.63) is 35.4 Å². The second-order valence-electron chi connectivity index (χ2n) is 4.52. The fourth-order valence-corrected chi connectivity index (χ4v) is 1.94. The lowest BCUT2D eigenvalue weighted by molar-refractivity contribution is -0.137. The third-order valence-corrected chi connectivity index (χ3v) is 2.92. The Kier molecular flexibility index (Phi) is 6.38. The molecule has 0 saturated heterocycles. The number of aryl methyl sites for hydroxylation is 2. The van der Waals surface area contributed by atoms with Crippen LogP contribution in [0.2, 0.25) is 0 Å². The largest absolute Gasteiger partial charge is 0.481 e. The van der Waals surface area contributed by atoms with Gasteiger partial charge < -0.3 is 5.11 Å². The number of hydrogen-bond donors (Lipinski definition) is 1. The van der Waals surface area contributed by atoms with Gasteiger partial charge in [-0.05, 0) is 36.8 Å².